The molecule has 2 amide bonds. The molecule has 0 spiro atoms. The van der Waals surface area contributed by atoms with Crippen LogP contribution in [0.4, 0.5) is 0 Å². The highest BCUT2D eigenvalue weighted by molar-refractivity contribution is 6.06. The minimum atomic E-state index is -0.454. The van der Waals surface area contributed by atoms with Gasteiger partial charge in [-0.05, 0) is 42.3 Å². The number of carbonyl (C=O) groups is 2. The monoisotopic (exact) mass is 486 g/mol. The number of aromatic nitrogens is 1. The Morgan fingerprint density at radius 2 is 1.78 bits per heavy atom. The van der Waals surface area contributed by atoms with Crippen LogP contribution in [0.3, 0.4) is 0 Å². The molecule has 2 unspecified atom stereocenters. The Morgan fingerprint density at radius 1 is 1.06 bits per heavy atom. The number of carbonyl (C=O) groups excluding carboxylic acids is 2. The van der Waals surface area contributed by atoms with E-state index in [4.69, 9.17) is 14.6 Å². The molecular weight excluding hydrogens is 456 g/mol. The highest BCUT2D eigenvalue weighted by Gasteiger charge is 2.31. The highest BCUT2D eigenvalue weighted by Crippen LogP contribution is 2.32. The summed E-state index contributed by atoms with van der Waals surface area (Å²) in [6.07, 6.45) is 4.26. The van der Waals surface area contributed by atoms with Gasteiger partial charge in [0.25, 0.3) is 5.91 Å². The van der Waals surface area contributed by atoms with Gasteiger partial charge < -0.3 is 14.8 Å². The number of ether oxygens (including phenoxy) is 2. The average Bonchev–Trinajstić information content (AvgIpc) is 2.93. The second kappa shape index (κ2) is 11.5. The third-order valence-corrected chi connectivity index (χ3v) is 6.30. The molecule has 1 aromatic heterocycles. The fourth-order valence-electron chi connectivity index (χ4n) is 4.29. The van der Waals surface area contributed by atoms with Crippen LogP contribution in [0.25, 0.3) is 0 Å². The van der Waals surface area contributed by atoms with Crippen molar-refractivity contribution in [1.29, 1.82) is 0 Å². The van der Waals surface area contributed by atoms with E-state index in [0.717, 1.165) is 23.3 Å². The van der Waals surface area contributed by atoms with Crippen LogP contribution < -0.4 is 14.8 Å². The van der Waals surface area contributed by atoms with E-state index >= 15 is 0 Å². The molecule has 0 saturated carbocycles. The van der Waals surface area contributed by atoms with Crippen LogP contribution in [0.1, 0.15) is 47.3 Å². The maximum Gasteiger partial charge on any atom is 0.251 e. The topological polar surface area (TPSA) is 93.1 Å². The van der Waals surface area contributed by atoms with E-state index < -0.39 is 6.04 Å². The number of nitrogens with zero attached hydrogens (tertiary/aromatic N) is 3. The summed E-state index contributed by atoms with van der Waals surface area (Å²) >= 11 is 0. The average molecular weight is 487 g/mol. The molecule has 4 rings (SSSR count). The van der Waals surface area contributed by atoms with Crippen molar-refractivity contribution in [3.05, 3.63) is 89.7 Å². The van der Waals surface area contributed by atoms with Crippen molar-refractivity contribution in [2.45, 2.75) is 25.8 Å². The number of methoxy groups -OCH3 is 2. The van der Waals surface area contributed by atoms with Crippen molar-refractivity contribution < 1.29 is 19.1 Å². The zero-order valence-electron chi connectivity index (χ0n) is 20.7. The van der Waals surface area contributed by atoms with Crippen LogP contribution in [0.5, 0.6) is 11.5 Å². The largest absolute Gasteiger partial charge is 0.493 e. The molecule has 1 aliphatic rings. The summed E-state index contributed by atoms with van der Waals surface area (Å²) in [6, 6.07) is 18.1. The second-order valence-corrected chi connectivity index (χ2v) is 8.51. The van der Waals surface area contributed by atoms with Gasteiger partial charge in [0.05, 0.1) is 32.5 Å². The molecule has 0 aliphatic carbocycles. The quantitative estimate of drug-likeness (QED) is 0.489. The minimum Gasteiger partial charge on any atom is -0.493 e. The first-order valence-corrected chi connectivity index (χ1v) is 11.9. The first-order valence-electron chi connectivity index (χ1n) is 11.9. The van der Waals surface area contributed by atoms with Crippen molar-refractivity contribution in [2.24, 2.45) is 11.0 Å². The first kappa shape index (κ1) is 24.9. The summed E-state index contributed by atoms with van der Waals surface area (Å²) in [5.74, 6) is 0.884. The van der Waals surface area contributed by atoms with E-state index in [2.05, 4.69) is 10.3 Å². The molecule has 0 radical (unpaired) electrons. The van der Waals surface area contributed by atoms with Crippen molar-refractivity contribution in [1.82, 2.24) is 15.3 Å². The van der Waals surface area contributed by atoms with Crippen LogP contribution in [0.2, 0.25) is 0 Å². The zero-order valence-corrected chi connectivity index (χ0v) is 20.7. The second-order valence-electron chi connectivity index (χ2n) is 8.51. The third-order valence-electron chi connectivity index (χ3n) is 6.30. The smallest absolute Gasteiger partial charge is 0.251 e. The van der Waals surface area contributed by atoms with Crippen molar-refractivity contribution in [2.75, 3.05) is 20.8 Å². The Hall–Kier alpha value is -4.20. The molecular formula is C28H30N4O4. The number of pyridine rings is 1. The van der Waals surface area contributed by atoms with Gasteiger partial charge in [-0.15, -0.1) is 0 Å². The van der Waals surface area contributed by atoms with Gasteiger partial charge >= 0.3 is 0 Å². The molecule has 0 saturated heterocycles. The number of rotatable bonds is 9. The fourth-order valence-corrected chi connectivity index (χ4v) is 4.29. The van der Waals surface area contributed by atoms with Gasteiger partial charge in [0, 0.05) is 35.9 Å². The van der Waals surface area contributed by atoms with E-state index in [1.165, 1.54) is 5.01 Å². The number of nitrogens with one attached hydrogen (secondary N) is 1. The predicted octanol–water partition coefficient (Wildman–Crippen LogP) is 4.23. The van der Waals surface area contributed by atoms with Crippen molar-refractivity contribution in [3.8, 4) is 11.5 Å². The lowest BCUT2D eigenvalue weighted by molar-refractivity contribution is -0.133. The number of hydrazone groups is 1. The van der Waals surface area contributed by atoms with Gasteiger partial charge in [-0.2, -0.15) is 5.10 Å². The molecule has 0 fully saturated rings. The molecule has 186 valence electrons. The van der Waals surface area contributed by atoms with E-state index in [9.17, 15) is 9.59 Å². The van der Waals surface area contributed by atoms with Gasteiger partial charge in [0.2, 0.25) is 5.91 Å². The molecule has 8 nitrogen and oxygen atoms in total. The third kappa shape index (κ3) is 5.54. The SMILES string of the molecule is CCC1CC(=O)N(CC(NC(=O)c2ccncc2)c2ccccc2)N=C1c1ccc(OC)c(OC)c1. The maximum atomic E-state index is 13.1. The van der Waals surface area contributed by atoms with E-state index in [1.54, 1.807) is 38.7 Å². The minimum absolute atomic E-state index is 0.0200. The Bertz CT molecular complexity index is 1230. The van der Waals surface area contributed by atoms with Crippen LogP contribution in [0, 0.1) is 5.92 Å². The standard InChI is InChI=1S/C28H30N4O4/c1-4-19-17-26(33)32(31-27(19)22-10-11-24(35-2)25(16-22)36-3)18-23(20-8-6-5-7-9-20)30-28(34)21-12-14-29-15-13-21/h5-16,19,23H,4,17-18H2,1-3H3,(H,30,34). The Labute approximate surface area is 210 Å². The molecule has 3 aromatic rings. The number of hydrogen-bond acceptors (Lipinski definition) is 6. The van der Waals surface area contributed by atoms with E-state index in [0.29, 0.717) is 23.5 Å². The Kier molecular flexibility index (Phi) is 7.95. The molecule has 1 N–H and O–H groups in total. The molecule has 1 aliphatic heterocycles. The summed E-state index contributed by atoms with van der Waals surface area (Å²) in [5.41, 5.74) is 3.06. The van der Waals surface area contributed by atoms with Gasteiger partial charge in [-0.25, -0.2) is 5.01 Å². The van der Waals surface area contributed by atoms with Gasteiger partial charge in [0.15, 0.2) is 11.5 Å². The summed E-state index contributed by atoms with van der Waals surface area (Å²) in [5, 5.41) is 9.34. The summed E-state index contributed by atoms with van der Waals surface area (Å²) < 4.78 is 10.9. The maximum absolute atomic E-state index is 13.1. The summed E-state index contributed by atoms with van der Waals surface area (Å²) in [4.78, 5) is 30.1. The normalized spacial score (nSPS) is 16.2. The number of benzene rings is 2. The van der Waals surface area contributed by atoms with E-state index in [-0.39, 0.29) is 24.3 Å². The molecule has 8 heteroatoms. The summed E-state index contributed by atoms with van der Waals surface area (Å²) in [6.45, 7) is 2.25. The number of amides is 2. The lowest BCUT2D eigenvalue weighted by atomic mass is 9.89. The van der Waals surface area contributed by atoms with Gasteiger partial charge in [-0.3, -0.25) is 14.6 Å². The molecule has 2 heterocycles. The van der Waals surface area contributed by atoms with Crippen LogP contribution >= 0.6 is 0 Å². The Balaban J connectivity index is 1.66. The molecule has 2 atom stereocenters. The van der Waals surface area contributed by atoms with Crippen molar-refractivity contribution >= 4 is 17.5 Å². The first-order chi connectivity index (χ1) is 17.5. The number of hydrogen-bond donors (Lipinski definition) is 1. The van der Waals surface area contributed by atoms with Crippen LogP contribution in [0.15, 0.2) is 78.2 Å². The van der Waals surface area contributed by atoms with Crippen molar-refractivity contribution in [3.63, 3.8) is 0 Å². The lowest BCUT2D eigenvalue weighted by Crippen LogP contribution is -2.43. The van der Waals surface area contributed by atoms with Crippen LogP contribution in [-0.4, -0.2) is 48.3 Å². The summed E-state index contributed by atoms with van der Waals surface area (Å²) in [7, 11) is 3.18. The predicted molar refractivity (Wildman–Crippen MR) is 137 cm³/mol. The molecule has 0 bridgehead atoms. The molecule has 36 heavy (non-hydrogen) atoms. The lowest BCUT2D eigenvalue weighted by Gasteiger charge is -2.32. The highest BCUT2D eigenvalue weighted by atomic mass is 16.5. The zero-order chi connectivity index (χ0) is 25.5. The van der Waals surface area contributed by atoms with Gasteiger partial charge in [0.1, 0.15) is 0 Å². The van der Waals surface area contributed by atoms with Crippen LogP contribution in [-0.2, 0) is 4.79 Å². The Morgan fingerprint density at radius 3 is 2.44 bits per heavy atom. The fraction of sp³-hybridized carbons (Fsp3) is 0.286. The van der Waals surface area contributed by atoms with E-state index in [1.807, 2.05) is 55.5 Å². The molecule has 2 aromatic carbocycles. The van der Waals surface area contributed by atoms with Gasteiger partial charge in [-0.1, -0.05) is 37.3 Å².